The maximum Gasteiger partial charge on any atom is 0.122 e. The molecule has 1 aliphatic rings. The summed E-state index contributed by atoms with van der Waals surface area (Å²) in [4.78, 5) is 6.76. The van der Waals surface area contributed by atoms with Gasteiger partial charge in [0.15, 0.2) is 0 Å². The summed E-state index contributed by atoms with van der Waals surface area (Å²) < 4.78 is 2.07. The Morgan fingerprint density at radius 2 is 2.40 bits per heavy atom. The predicted octanol–water partition coefficient (Wildman–Crippen LogP) is 1.14. The molecule has 0 radical (unpaired) electrons. The lowest BCUT2D eigenvalue weighted by Crippen LogP contribution is -2.48. The molecule has 1 aromatic rings. The summed E-state index contributed by atoms with van der Waals surface area (Å²) in [6, 6.07) is 0.517. The van der Waals surface area contributed by atoms with Gasteiger partial charge in [-0.15, -0.1) is 0 Å². The van der Waals surface area contributed by atoms with Crippen molar-refractivity contribution in [3.8, 4) is 0 Å². The van der Waals surface area contributed by atoms with Crippen LogP contribution in [0.5, 0.6) is 0 Å². The molecule has 2 atom stereocenters. The zero-order chi connectivity index (χ0) is 14.6. The van der Waals surface area contributed by atoms with Gasteiger partial charge in [0.2, 0.25) is 0 Å². The molecule has 1 fully saturated rings. The van der Waals surface area contributed by atoms with Gasteiger partial charge in [-0.1, -0.05) is 6.92 Å². The lowest BCUT2D eigenvalue weighted by molar-refractivity contribution is 0.148. The number of aryl methyl sites for hydroxylation is 1. The fourth-order valence-corrected chi connectivity index (χ4v) is 3.13. The number of imidazole rings is 1. The Hall–Kier alpha value is -0.910. The Morgan fingerprint density at radius 1 is 1.60 bits per heavy atom. The van der Waals surface area contributed by atoms with Crippen molar-refractivity contribution in [3.05, 3.63) is 18.2 Å². The average molecular weight is 280 g/mol. The number of nitrogens with zero attached hydrogens (tertiary/aromatic N) is 3. The highest BCUT2D eigenvalue weighted by Gasteiger charge is 2.39. The van der Waals surface area contributed by atoms with E-state index in [4.69, 9.17) is 0 Å². The van der Waals surface area contributed by atoms with Gasteiger partial charge < -0.3 is 15.0 Å². The van der Waals surface area contributed by atoms with Gasteiger partial charge in [0.05, 0.1) is 13.2 Å². The highest BCUT2D eigenvalue weighted by atomic mass is 16.3. The number of aliphatic hydroxyl groups excluding tert-OH is 1. The summed E-state index contributed by atoms with van der Waals surface area (Å²) in [5.74, 6) is 1.09. The molecule has 0 amide bonds. The first-order valence-corrected chi connectivity index (χ1v) is 7.62. The minimum absolute atomic E-state index is 0.0728. The summed E-state index contributed by atoms with van der Waals surface area (Å²) in [6.07, 6.45) is 8.15. The van der Waals surface area contributed by atoms with Gasteiger partial charge in [0.1, 0.15) is 5.82 Å². The molecular weight excluding hydrogens is 252 g/mol. The fourth-order valence-electron chi connectivity index (χ4n) is 3.13. The Balaban J connectivity index is 1.92. The van der Waals surface area contributed by atoms with Gasteiger partial charge in [0.25, 0.3) is 0 Å². The topological polar surface area (TPSA) is 53.3 Å². The first kappa shape index (κ1) is 15.5. The standard InChI is InChI=1S/C15H28N4O/c1-4-7-17-15(12-20)6-5-13(10-15)19(3)11-14-16-8-9-18(14)2/h8-9,13,17,20H,4-7,10-12H2,1-3H3. The van der Waals surface area contributed by atoms with Crippen LogP contribution in [0.1, 0.15) is 38.4 Å². The molecule has 2 unspecified atom stereocenters. The summed E-state index contributed by atoms with van der Waals surface area (Å²) >= 11 is 0. The van der Waals surface area contributed by atoms with E-state index >= 15 is 0 Å². The molecule has 0 aromatic carbocycles. The quantitative estimate of drug-likeness (QED) is 0.786. The molecule has 2 rings (SSSR count). The molecule has 0 bridgehead atoms. The highest BCUT2D eigenvalue weighted by Crippen LogP contribution is 2.32. The second-order valence-corrected chi connectivity index (χ2v) is 6.13. The van der Waals surface area contributed by atoms with Crippen molar-refractivity contribution in [2.45, 2.75) is 50.7 Å². The summed E-state index contributed by atoms with van der Waals surface area (Å²) in [7, 11) is 4.19. The van der Waals surface area contributed by atoms with E-state index in [1.54, 1.807) is 0 Å². The van der Waals surface area contributed by atoms with Crippen LogP contribution in [0.15, 0.2) is 12.4 Å². The van der Waals surface area contributed by atoms with Crippen LogP contribution >= 0.6 is 0 Å². The maximum atomic E-state index is 9.75. The fraction of sp³-hybridized carbons (Fsp3) is 0.800. The van der Waals surface area contributed by atoms with Gasteiger partial charge >= 0.3 is 0 Å². The van der Waals surface area contributed by atoms with Gasteiger partial charge in [-0.3, -0.25) is 4.90 Å². The predicted molar refractivity (Wildman–Crippen MR) is 80.4 cm³/mol. The van der Waals surface area contributed by atoms with E-state index in [9.17, 15) is 5.11 Å². The maximum absolute atomic E-state index is 9.75. The van der Waals surface area contributed by atoms with Crippen molar-refractivity contribution >= 4 is 0 Å². The van der Waals surface area contributed by atoms with Crippen LogP contribution in [0, 0.1) is 0 Å². The monoisotopic (exact) mass is 280 g/mol. The van der Waals surface area contributed by atoms with Crippen LogP contribution in [0.25, 0.3) is 0 Å². The van der Waals surface area contributed by atoms with Crippen molar-refractivity contribution in [2.24, 2.45) is 7.05 Å². The molecule has 0 saturated heterocycles. The number of nitrogens with one attached hydrogen (secondary N) is 1. The second kappa shape index (κ2) is 6.70. The van der Waals surface area contributed by atoms with Crippen molar-refractivity contribution in [1.29, 1.82) is 0 Å². The Bertz CT molecular complexity index is 420. The van der Waals surface area contributed by atoms with Crippen molar-refractivity contribution in [1.82, 2.24) is 19.8 Å². The molecule has 2 N–H and O–H groups in total. The molecular formula is C15H28N4O. The lowest BCUT2D eigenvalue weighted by Gasteiger charge is -2.30. The van der Waals surface area contributed by atoms with Gasteiger partial charge in [-0.05, 0) is 39.3 Å². The van der Waals surface area contributed by atoms with E-state index in [0.717, 1.165) is 44.6 Å². The van der Waals surface area contributed by atoms with Gasteiger partial charge in [0, 0.05) is 31.0 Å². The minimum Gasteiger partial charge on any atom is -0.394 e. The Kier molecular flexibility index (Phi) is 5.18. The smallest absolute Gasteiger partial charge is 0.122 e. The molecule has 1 aromatic heterocycles. The van der Waals surface area contributed by atoms with Gasteiger partial charge in [-0.25, -0.2) is 4.98 Å². The summed E-state index contributed by atoms with van der Waals surface area (Å²) in [5, 5.41) is 13.3. The number of aromatic nitrogens is 2. The van der Waals surface area contributed by atoms with Crippen LogP contribution in [0.3, 0.4) is 0 Å². The Morgan fingerprint density at radius 3 is 3.00 bits per heavy atom. The summed E-state index contributed by atoms with van der Waals surface area (Å²) in [6.45, 7) is 4.25. The lowest BCUT2D eigenvalue weighted by atomic mass is 9.98. The number of aliphatic hydroxyl groups is 1. The number of hydrogen-bond acceptors (Lipinski definition) is 4. The SMILES string of the molecule is CCCNC1(CO)CCC(N(C)Cc2nccn2C)C1. The Labute approximate surface area is 122 Å². The van der Waals surface area contributed by atoms with Crippen LogP contribution in [0.4, 0.5) is 0 Å². The minimum atomic E-state index is -0.0728. The number of rotatable bonds is 7. The summed E-state index contributed by atoms with van der Waals surface area (Å²) in [5.41, 5.74) is -0.0728. The molecule has 5 heteroatoms. The third-order valence-corrected chi connectivity index (χ3v) is 4.57. The highest BCUT2D eigenvalue weighted by molar-refractivity contribution is 5.00. The van der Waals surface area contributed by atoms with E-state index in [2.05, 4.69) is 33.7 Å². The molecule has 0 aliphatic heterocycles. The van der Waals surface area contributed by atoms with Crippen LogP contribution in [-0.4, -0.2) is 51.3 Å². The first-order chi connectivity index (χ1) is 9.60. The average Bonchev–Trinajstić information content (AvgIpc) is 3.05. The molecule has 5 nitrogen and oxygen atoms in total. The molecule has 1 aliphatic carbocycles. The third kappa shape index (κ3) is 3.40. The molecule has 0 spiro atoms. The van der Waals surface area contributed by atoms with Crippen LogP contribution in [0.2, 0.25) is 0 Å². The van der Waals surface area contributed by atoms with E-state index < -0.39 is 0 Å². The molecule has 20 heavy (non-hydrogen) atoms. The van der Waals surface area contributed by atoms with E-state index in [0.29, 0.717) is 6.04 Å². The van der Waals surface area contributed by atoms with Crippen LogP contribution < -0.4 is 5.32 Å². The van der Waals surface area contributed by atoms with Crippen molar-refractivity contribution < 1.29 is 5.11 Å². The normalized spacial score (nSPS) is 26.6. The number of hydrogen-bond donors (Lipinski definition) is 2. The van der Waals surface area contributed by atoms with E-state index in [1.165, 1.54) is 0 Å². The first-order valence-electron chi connectivity index (χ1n) is 7.62. The second-order valence-electron chi connectivity index (χ2n) is 6.13. The zero-order valence-corrected chi connectivity index (χ0v) is 13.0. The van der Waals surface area contributed by atoms with Crippen molar-refractivity contribution in [2.75, 3.05) is 20.2 Å². The van der Waals surface area contributed by atoms with Crippen LogP contribution in [-0.2, 0) is 13.6 Å². The third-order valence-electron chi connectivity index (χ3n) is 4.57. The zero-order valence-electron chi connectivity index (χ0n) is 13.0. The van der Waals surface area contributed by atoms with Crippen molar-refractivity contribution in [3.63, 3.8) is 0 Å². The molecule has 1 saturated carbocycles. The molecule has 1 heterocycles. The molecule has 114 valence electrons. The largest absolute Gasteiger partial charge is 0.394 e. The van der Waals surface area contributed by atoms with E-state index in [-0.39, 0.29) is 12.1 Å². The van der Waals surface area contributed by atoms with E-state index in [1.807, 2.05) is 19.4 Å². The van der Waals surface area contributed by atoms with Gasteiger partial charge in [-0.2, -0.15) is 0 Å².